The molecule has 1 N–H and O–H groups in total. The zero-order valence-corrected chi connectivity index (χ0v) is 18.3. The van der Waals surface area contributed by atoms with Gasteiger partial charge < -0.3 is 15.1 Å². The molecule has 1 fully saturated rings. The summed E-state index contributed by atoms with van der Waals surface area (Å²) in [7, 11) is 0. The number of hydrogen-bond acceptors (Lipinski definition) is 7. The first-order valence-corrected chi connectivity index (χ1v) is 10.5. The number of anilines is 4. The molecule has 10 heteroatoms. The molecule has 160 valence electrons. The Bertz CT molecular complexity index is 1120. The second-order valence-corrected chi connectivity index (χ2v) is 8.06. The highest BCUT2D eigenvalue weighted by Gasteiger charge is 2.29. The van der Waals surface area contributed by atoms with Crippen molar-refractivity contribution in [2.75, 3.05) is 41.3 Å². The van der Waals surface area contributed by atoms with E-state index < -0.39 is 4.92 Å². The average Bonchev–Trinajstić information content (AvgIpc) is 2.75. The number of aromatic nitrogens is 2. The van der Waals surface area contributed by atoms with Gasteiger partial charge in [0.1, 0.15) is 6.33 Å². The third-order valence-electron chi connectivity index (χ3n) is 5.18. The van der Waals surface area contributed by atoms with Crippen LogP contribution in [0.1, 0.15) is 5.56 Å². The van der Waals surface area contributed by atoms with Crippen LogP contribution in [0.25, 0.3) is 0 Å². The molecule has 0 radical (unpaired) electrons. The van der Waals surface area contributed by atoms with Crippen molar-refractivity contribution in [3.8, 4) is 0 Å². The Morgan fingerprint density at radius 1 is 1.00 bits per heavy atom. The zero-order valence-electron chi connectivity index (χ0n) is 16.8. The van der Waals surface area contributed by atoms with E-state index in [-0.39, 0.29) is 11.5 Å². The van der Waals surface area contributed by atoms with Crippen LogP contribution in [-0.2, 0) is 0 Å². The molecule has 0 aliphatic carbocycles. The van der Waals surface area contributed by atoms with Gasteiger partial charge in [-0.25, -0.2) is 9.97 Å². The monoisotopic (exact) mass is 458 g/mol. The number of nitro groups is 1. The van der Waals surface area contributed by atoms with Crippen LogP contribution in [0.5, 0.6) is 0 Å². The van der Waals surface area contributed by atoms with Gasteiger partial charge >= 0.3 is 5.69 Å². The van der Waals surface area contributed by atoms with Crippen molar-refractivity contribution in [3.63, 3.8) is 0 Å². The minimum Gasteiger partial charge on any atom is -0.368 e. The van der Waals surface area contributed by atoms with Crippen molar-refractivity contribution in [1.82, 2.24) is 9.97 Å². The quantitative estimate of drug-likeness (QED) is 0.421. The Hall–Kier alpha value is -3.10. The molecule has 3 aromatic rings. The first-order valence-electron chi connectivity index (χ1n) is 9.70. The second-order valence-electron chi connectivity index (χ2n) is 7.19. The van der Waals surface area contributed by atoms with E-state index in [1.165, 1.54) is 6.33 Å². The van der Waals surface area contributed by atoms with Gasteiger partial charge in [0.15, 0.2) is 0 Å². The van der Waals surface area contributed by atoms with Crippen LogP contribution in [0.2, 0.25) is 10.0 Å². The summed E-state index contributed by atoms with van der Waals surface area (Å²) < 4.78 is 0. The van der Waals surface area contributed by atoms with Gasteiger partial charge in [0, 0.05) is 47.6 Å². The Kier molecular flexibility index (Phi) is 6.11. The molecule has 8 nitrogen and oxygen atoms in total. The van der Waals surface area contributed by atoms with Crippen LogP contribution in [-0.4, -0.2) is 41.1 Å². The fraction of sp³-hybridized carbons (Fsp3) is 0.238. The number of rotatable bonds is 5. The van der Waals surface area contributed by atoms with Gasteiger partial charge in [0.25, 0.3) is 0 Å². The normalized spacial score (nSPS) is 13.9. The van der Waals surface area contributed by atoms with E-state index in [2.05, 4.69) is 20.2 Å². The number of benzene rings is 2. The zero-order chi connectivity index (χ0) is 22.0. The van der Waals surface area contributed by atoms with Crippen LogP contribution < -0.4 is 15.1 Å². The van der Waals surface area contributed by atoms with E-state index in [1.807, 2.05) is 36.1 Å². The molecule has 0 amide bonds. The molecule has 1 saturated heterocycles. The third-order valence-corrected chi connectivity index (χ3v) is 5.65. The van der Waals surface area contributed by atoms with Crippen molar-refractivity contribution in [3.05, 3.63) is 74.5 Å². The van der Waals surface area contributed by atoms with Crippen LogP contribution in [0.3, 0.4) is 0 Å². The molecule has 31 heavy (non-hydrogen) atoms. The summed E-state index contributed by atoms with van der Waals surface area (Å²) in [5.41, 5.74) is 2.44. The fourth-order valence-corrected chi connectivity index (χ4v) is 4.02. The highest BCUT2D eigenvalue weighted by Crippen LogP contribution is 2.35. The fourth-order valence-electron chi connectivity index (χ4n) is 3.60. The Morgan fingerprint density at radius 3 is 2.39 bits per heavy atom. The summed E-state index contributed by atoms with van der Waals surface area (Å²) in [6.45, 7) is 4.44. The molecule has 1 aromatic heterocycles. The smallest absolute Gasteiger partial charge is 0.353 e. The first kappa shape index (κ1) is 21.1. The van der Waals surface area contributed by atoms with Crippen LogP contribution in [0.15, 0.2) is 48.8 Å². The van der Waals surface area contributed by atoms with E-state index in [0.29, 0.717) is 47.7 Å². The lowest BCUT2D eigenvalue weighted by Gasteiger charge is -2.36. The molecule has 2 aromatic carbocycles. The topological polar surface area (TPSA) is 87.4 Å². The summed E-state index contributed by atoms with van der Waals surface area (Å²) in [6, 6.07) is 12.9. The van der Waals surface area contributed by atoms with E-state index >= 15 is 0 Å². The summed E-state index contributed by atoms with van der Waals surface area (Å²) in [6.07, 6.45) is 1.35. The average molecular weight is 459 g/mol. The lowest BCUT2D eigenvalue weighted by molar-refractivity contribution is -0.383. The number of hydrogen-bond donors (Lipinski definition) is 1. The van der Waals surface area contributed by atoms with Gasteiger partial charge in [-0.1, -0.05) is 29.3 Å². The maximum absolute atomic E-state index is 12.0. The van der Waals surface area contributed by atoms with Crippen LogP contribution in [0, 0.1) is 17.0 Å². The molecular formula is C21H20Cl2N6O2. The van der Waals surface area contributed by atoms with E-state index in [1.54, 1.807) is 18.2 Å². The molecule has 0 saturated carbocycles. The van der Waals surface area contributed by atoms with Crippen molar-refractivity contribution in [1.29, 1.82) is 0 Å². The Balaban J connectivity index is 1.58. The third kappa shape index (κ3) is 4.65. The number of nitrogens with one attached hydrogen (secondary N) is 1. The number of aryl methyl sites for hydroxylation is 1. The highest BCUT2D eigenvalue weighted by molar-refractivity contribution is 6.31. The summed E-state index contributed by atoms with van der Waals surface area (Å²) in [5, 5.41) is 16.3. The molecule has 0 atom stereocenters. The predicted molar refractivity (Wildman–Crippen MR) is 124 cm³/mol. The molecule has 2 heterocycles. The summed E-state index contributed by atoms with van der Waals surface area (Å²) in [4.78, 5) is 24.0. The van der Waals surface area contributed by atoms with E-state index in [4.69, 9.17) is 23.2 Å². The number of piperazine rings is 1. The van der Waals surface area contributed by atoms with Crippen molar-refractivity contribution < 1.29 is 4.92 Å². The van der Waals surface area contributed by atoms with Crippen molar-refractivity contribution in [2.24, 2.45) is 0 Å². The van der Waals surface area contributed by atoms with Gasteiger partial charge in [-0.3, -0.25) is 10.1 Å². The highest BCUT2D eigenvalue weighted by atomic mass is 35.5. The van der Waals surface area contributed by atoms with Gasteiger partial charge in [0.2, 0.25) is 11.6 Å². The van der Waals surface area contributed by atoms with E-state index in [9.17, 15) is 10.1 Å². The first-order chi connectivity index (χ1) is 14.9. The lowest BCUT2D eigenvalue weighted by Crippen LogP contribution is -2.47. The Morgan fingerprint density at radius 2 is 1.71 bits per heavy atom. The number of nitrogens with zero attached hydrogens (tertiary/aromatic N) is 5. The minimum atomic E-state index is -0.438. The molecule has 0 unspecified atom stereocenters. The minimum absolute atomic E-state index is 0.145. The van der Waals surface area contributed by atoms with Crippen LogP contribution in [0.4, 0.5) is 28.7 Å². The standard InChI is InChI=1S/C21H20Cl2N6O2/c1-14-11-16(23)5-6-18(14)26-20-19(29(30)31)21(25-13-24-20)28-9-7-27(8-10-28)17-4-2-3-15(22)12-17/h2-6,11-13H,7-10H2,1H3,(H,24,25,26). The van der Waals surface area contributed by atoms with Crippen molar-refractivity contribution >= 4 is 51.9 Å². The number of halogens is 2. The van der Waals surface area contributed by atoms with E-state index in [0.717, 1.165) is 11.3 Å². The maximum atomic E-state index is 12.0. The SMILES string of the molecule is Cc1cc(Cl)ccc1Nc1ncnc(N2CCN(c3cccc(Cl)c3)CC2)c1[N+](=O)[O-]. The molecular weight excluding hydrogens is 439 g/mol. The Labute approximate surface area is 189 Å². The molecule has 1 aliphatic heterocycles. The van der Waals surface area contributed by atoms with Crippen LogP contribution >= 0.6 is 23.2 Å². The predicted octanol–water partition coefficient (Wildman–Crippen LogP) is 5.07. The lowest BCUT2D eigenvalue weighted by atomic mass is 10.2. The van der Waals surface area contributed by atoms with Gasteiger partial charge in [-0.05, 0) is 48.9 Å². The molecule has 4 rings (SSSR count). The van der Waals surface area contributed by atoms with Gasteiger partial charge in [-0.15, -0.1) is 0 Å². The molecule has 0 bridgehead atoms. The van der Waals surface area contributed by atoms with Crippen molar-refractivity contribution in [2.45, 2.75) is 6.92 Å². The summed E-state index contributed by atoms with van der Waals surface area (Å²) >= 11 is 12.1. The molecule has 0 spiro atoms. The van der Waals surface area contributed by atoms with Gasteiger partial charge in [0.05, 0.1) is 4.92 Å². The van der Waals surface area contributed by atoms with Gasteiger partial charge in [-0.2, -0.15) is 0 Å². The maximum Gasteiger partial charge on any atom is 0.353 e. The summed E-state index contributed by atoms with van der Waals surface area (Å²) in [5.74, 6) is 0.456. The largest absolute Gasteiger partial charge is 0.368 e. The second kappa shape index (κ2) is 8.95. The molecule has 1 aliphatic rings.